The van der Waals surface area contributed by atoms with Gasteiger partial charge in [-0.15, -0.1) is 4.65 Å². The third kappa shape index (κ3) is 4.58. The van der Waals surface area contributed by atoms with Gasteiger partial charge in [-0.3, -0.25) is 4.84 Å². The molecule has 2 aliphatic rings. The molecule has 0 aromatic heterocycles. The molecular weight excluding hydrogens is 426 g/mol. The molecule has 0 amide bonds. The number of carbonyl (C=O) groups excluding carboxylic acids is 2. The van der Waals surface area contributed by atoms with E-state index in [1.54, 1.807) is 13.0 Å². The van der Waals surface area contributed by atoms with Gasteiger partial charge >= 0.3 is 11.9 Å². The Kier molecular flexibility index (Phi) is 8.04. The summed E-state index contributed by atoms with van der Waals surface area (Å²) >= 11 is 0. The lowest BCUT2D eigenvalue weighted by Crippen LogP contribution is -3.00. The first kappa shape index (κ1) is 22.8. The number of halogens is 1. The van der Waals surface area contributed by atoms with E-state index in [0.717, 1.165) is 31.2 Å². The van der Waals surface area contributed by atoms with Gasteiger partial charge in [-0.25, -0.2) is 9.59 Å². The summed E-state index contributed by atoms with van der Waals surface area (Å²) in [5.41, 5.74) is 1.66. The van der Waals surface area contributed by atoms with Crippen LogP contribution < -0.4 is 17.0 Å². The molecule has 1 aliphatic heterocycles. The minimum absolute atomic E-state index is 0. The van der Waals surface area contributed by atoms with Crippen molar-refractivity contribution in [1.82, 2.24) is 0 Å². The minimum atomic E-state index is -1.35. The number of carbonyl (C=O) groups is 2. The predicted octanol–water partition coefficient (Wildman–Crippen LogP) is 0.0119. The molecule has 0 spiro atoms. The number of hydrogen-bond donors (Lipinski definition) is 1. The molecular formula is C21H30BrNO5. The quantitative estimate of drug-likeness (QED) is 0.483. The van der Waals surface area contributed by atoms with Crippen LogP contribution in [0.5, 0.6) is 0 Å². The van der Waals surface area contributed by atoms with E-state index < -0.39 is 24.1 Å². The highest BCUT2D eigenvalue weighted by atomic mass is 79.9. The highest BCUT2D eigenvalue weighted by Gasteiger charge is 2.48. The topological polar surface area (TPSA) is 72.8 Å². The molecule has 1 aliphatic carbocycles. The summed E-state index contributed by atoms with van der Waals surface area (Å²) in [6.07, 6.45) is 4.90. The highest BCUT2D eigenvalue weighted by Crippen LogP contribution is 2.38. The molecule has 3 rings (SSSR count). The lowest BCUT2D eigenvalue weighted by Gasteiger charge is -2.34. The van der Waals surface area contributed by atoms with Gasteiger partial charge in [0, 0.05) is 19.8 Å². The molecule has 1 heterocycles. The summed E-state index contributed by atoms with van der Waals surface area (Å²) in [6.45, 7) is 2.82. The number of ether oxygens (including phenoxy) is 1. The van der Waals surface area contributed by atoms with Gasteiger partial charge in [0.1, 0.15) is 13.1 Å². The Morgan fingerprint density at radius 1 is 1.07 bits per heavy atom. The number of methoxy groups -OCH3 is 1. The maximum Gasteiger partial charge on any atom is 0.399 e. The monoisotopic (exact) mass is 455 g/mol. The van der Waals surface area contributed by atoms with Crippen LogP contribution in [0.25, 0.3) is 0 Å². The molecule has 0 unspecified atom stereocenters. The van der Waals surface area contributed by atoms with Crippen molar-refractivity contribution < 1.29 is 45.9 Å². The maximum absolute atomic E-state index is 12.8. The molecule has 2 atom stereocenters. The van der Waals surface area contributed by atoms with Crippen LogP contribution in [-0.2, 0) is 19.2 Å². The van der Waals surface area contributed by atoms with Gasteiger partial charge in [-0.1, -0.05) is 37.1 Å². The number of quaternary nitrogens is 1. The zero-order valence-corrected chi connectivity index (χ0v) is 18.2. The first-order valence-corrected chi connectivity index (χ1v) is 9.93. The van der Waals surface area contributed by atoms with Crippen molar-refractivity contribution in [2.75, 3.05) is 20.2 Å². The van der Waals surface area contributed by atoms with Crippen LogP contribution in [0.1, 0.15) is 68.6 Å². The van der Waals surface area contributed by atoms with E-state index in [1.807, 2.05) is 18.2 Å². The van der Waals surface area contributed by atoms with E-state index in [9.17, 15) is 14.7 Å². The number of nitrogens with zero attached hydrogens (tertiary/aromatic N) is 1. The first-order valence-electron chi connectivity index (χ1n) is 9.93. The largest absolute Gasteiger partial charge is 1.00 e. The fourth-order valence-electron chi connectivity index (χ4n) is 4.52. The van der Waals surface area contributed by atoms with Gasteiger partial charge in [0.2, 0.25) is 6.04 Å². The van der Waals surface area contributed by atoms with Gasteiger partial charge in [-0.2, -0.15) is 0 Å². The lowest BCUT2D eigenvalue weighted by molar-refractivity contribution is -1.09. The second kappa shape index (κ2) is 9.85. The van der Waals surface area contributed by atoms with E-state index in [0.29, 0.717) is 24.6 Å². The summed E-state index contributed by atoms with van der Waals surface area (Å²) in [4.78, 5) is 30.7. The van der Waals surface area contributed by atoms with Crippen molar-refractivity contribution in [1.29, 1.82) is 0 Å². The van der Waals surface area contributed by atoms with Crippen LogP contribution in [-0.4, -0.2) is 47.9 Å². The van der Waals surface area contributed by atoms with Gasteiger partial charge in [0.25, 0.3) is 0 Å². The molecule has 1 N–H and O–H groups in total. The van der Waals surface area contributed by atoms with E-state index in [4.69, 9.17) is 9.57 Å². The molecule has 1 aromatic carbocycles. The van der Waals surface area contributed by atoms with E-state index in [1.165, 1.54) is 20.0 Å². The summed E-state index contributed by atoms with van der Waals surface area (Å²) in [7, 11) is 1.33. The third-order valence-corrected chi connectivity index (χ3v) is 6.15. The Labute approximate surface area is 177 Å². The number of likely N-dealkylation sites (tertiary alicyclic amines) is 1. The van der Waals surface area contributed by atoms with Crippen LogP contribution in [0.2, 0.25) is 0 Å². The Morgan fingerprint density at radius 3 is 2.29 bits per heavy atom. The van der Waals surface area contributed by atoms with Gasteiger partial charge in [0.15, 0.2) is 6.10 Å². The van der Waals surface area contributed by atoms with Crippen LogP contribution >= 0.6 is 0 Å². The van der Waals surface area contributed by atoms with Gasteiger partial charge < -0.3 is 26.8 Å². The second-order valence-corrected chi connectivity index (χ2v) is 7.73. The minimum Gasteiger partial charge on any atom is -1.00 e. The number of benzene rings is 1. The molecule has 7 heteroatoms. The molecule has 1 aromatic rings. The summed E-state index contributed by atoms with van der Waals surface area (Å²) in [6, 6.07) is 6.97. The number of esters is 1. The van der Waals surface area contributed by atoms with Crippen molar-refractivity contribution in [2.24, 2.45) is 0 Å². The Bertz CT molecular complexity index is 683. The van der Waals surface area contributed by atoms with Crippen LogP contribution in [0.15, 0.2) is 24.3 Å². The molecule has 28 heavy (non-hydrogen) atoms. The SMILES string of the molecule is COC(=O)[C@@H](C)[N+]1(OC(=O)[C@H](O)c2ccccc2C2CCCC2)CCCC1.[Br-]. The van der Waals surface area contributed by atoms with E-state index in [-0.39, 0.29) is 21.6 Å². The highest BCUT2D eigenvalue weighted by molar-refractivity contribution is 5.77. The molecule has 6 nitrogen and oxygen atoms in total. The Balaban J connectivity index is 0.00000280. The zero-order valence-electron chi connectivity index (χ0n) is 16.6. The fraction of sp³-hybridized carbons (Fsp3) is 0.619. The average molecular weight is 456 g/mol. The average Bonchev–Trinajstić information content (AvgIpc) is 3.39. The summed E-state index contributed by atoms with van der Waals surface area (Å²) in [5.74, 6) is -0.726. The van der Waals surface area contributed by atoms with Crippen LogP contribution in [0.4, 0.5) is 0 Å². The van der Waals surface area contributed by atoms with Crippen molar-refractivity contribution in [3.63, 3.8) is 0 Å². The summed E-state index contributed by atoms with van der Waals surface area (Å²) in [5, 5.41) is 10.8. The van der Waals surface area contributed by atoms with Crippen molar-refractivity contribution in [2.45, 2.75) is 63.5 Å². The third-order valence-electron chi connectivity index (χ3n) is 6.15. The number of aliphatic hydroxyl groups is 1. The Hall–Kier alpha value is -1.44. The zero-order chi connectivity index (χ0) is 19.4. The van der Waals surface area contributed by atoms with E-state index >= 15 is 0 Å². The first-order chi connectivity index (χ1) is 13.0. The van der Waals surface area contributed by atoms with Gasteiger partial charge in [0.05, 0.1) is 7.11 Å². The number of rotatable bonds is 6. The Morgan fingerprint density at radius 2 is 1.68 bits per heavy atom. The van der Waals surface area contributed by atoms with Crippen molar-refractivity contribution in [3.8, 4) is 0 Å². The van der Waals surface area contributed by atoms with Crippen LogP contribution in [0, 0.1) is 0 Å². The molecule has 0 radical (unpaired) electrons. The molecule has 0 bridgehead atoms. The van der Waals surface area contributed by atoms with Crippen molar-refractivity contribution in [3.05, 3.63) is 35.4 Å². The van der Waals surface area contributed by atoms with Crippen LogP contribution in [0.3, 0.4) is 0 Å². The lowest BCUT2D eigenvalue weighted by atomic mass is 9.90. The molecule has 156 valence electrons. The molecule has 2 fully saturated rings. The predicted molar refractivity (Wildman–Crippen MR) is 99.4 cm³/mol. The fourth-order valence-corrected chi connectivity index (χ4v) is 4.52. The number of hydroxylamine groups is 3. The number of aliphatic hydroxyl groups excluding tert-OH is 1. The number of hydrogen-bond acceptors (Lipinski definition) is 5. The van der Waals surface area contributed by atoms with Gasteiger partial charge in [-0.05, 0) is 29.9 Å². The second-order valence-electron chi connectivity index (χ2n) is 7.73. The normalized spacial score (nSPS) is 20.8. The molecule has 1 saturated carbocycles. The van der Waals surface area contributed by atoms with E-state index in [2.05, 4.69) is 0 Å². The smallest absolute Gasteiger partial charge is 0.399 e. The molecule has 1 saturated heterocycles. The maximum atomic E-state index is 12.8. The van der Waals surface area contributed by atoms with Crippen molar-refractivity contribution >= 4 is 11.9 Å². The summed E-state index contributed by atoms with van der Waals surface area (Å²) < 4.78 is 4.75. The standard InChI is InChI=1S/C21H30NO5.BrH/c1-15(20(24)26-2)22(13-7-8-14-22)27-21(25)19(23)18-12-6-5-11-17(18)16-9-3-4-10-16;/h5-6,11-12,15-16,19,23H,3-4,7-10,13-14H2,1-2H3;1H/q+1;/p-1/t15-,19-;/m1./s1.